The van der Waals surface area contributed by atoms with E-state index in [4.69, 9.17) is 9.84 Å². The number of ether oxygens (including phenoxy) is 1. The van der Waals surface area contributed by atoms with Crippen LogP contribution in [0.15, 0.2) is 15.8 Å². The Balaban J connectivity index is 2.43. The standard InChI is InChI=1S/C9H11N2O5.3CH3.Sn/c12-4-6-5(13)3-8(16-6)11-2-1-7(14)10-9(11)15;;;;/h2,5-6,8,12-13H,3-4H2,(H,10,14,15);3*1H3;/t5-,6+,8+;;;;/m1..../s1. The van der Waals surface area contributed by atoms with Crippen molar-refractivity contribution in [1.82, 2.24) is 9.55 Å². The Hall–Kier alpha value is -0.641. The number of rotatable bonds is 3. The first-order chi connectivity index (χ1) is 9.24. The van der Waals surface area contributed by atoms with E-state index >= 15 is 0 Å². The molecular weight excluding hydrogens is 371 g/mol. The Morgan fingerprint density at radius 3 is 2.60 bits per heavy atom. The fourth-order valence-corrected chi connectivity index (χ4v) is 5.91. The first-order valence-electron chi connectivity index (χ1n) is 6.54. The molecule has 112 valence electrons. The molecule has 1 aromatic rings. The van der Waals surface area contributed by atoms with E-state index in [0.717, 1.165) is 0 Å². The third kappa shape index (κ3) is 3.00. The van der Waals surface area contributed by atoms with Crippen LogP contribution in [0, 0.1) is 0 Å². The van der Waals surface area contributed by atoms with E-state index in [1.54, 1.807) is 6.20 Å². The van der Waals surface area contributed by atoms with Crippen LogP contribution in [0.5, 0.6) is 0 Å². The van der Waals surface area contributed by atoms with Crippen LogP contribution < -0.4 is 14.8 Å². The van der Waals surface area contributed by atoms with Gasteiger partial charge in [0, 0.05) is 0 Å². The van der Waals surface area contributed by atoms with Crippen LogP contribution in [-0.2, 0) is 4.74 Å². The zero-order chi connectivity index (χ0) is 15.1. The van der Waals surface area contributed by atoms with Gasteiger partial charge in [0.15, 0.2) is 0 Å². The topological polar surface area (TPSA) is 105 Å². The molecule has 0 aliphatic carbocycles. The van der Waals surface area contributed by atoms with Gasteiger partial charge in [-0.05, 0) is 0 Å². The summed E-state index contributed by atoms with van der Waals surface area (Å²) in [6.07, 6.45) is -0.380. The molecule has 2 rings (SSSR count). The van der Waals surface area contributed by atoms with Gasteiger partial charge in [-0.25, -0.2) is 0 Å². The van der Waals surface area contributed by atoms with Crippen LogP contribution in [0.1, 0.15) is 12.6 Å². The van der Waals surface area contributed by atoms with Crippen molar-refractivity contribution >= 4 is 22.0 Å². The summed E-state index contributed by atoms with van der Waals surface area (Å²) in [4.78, 5) is 32.4. The molecule has 8 heteroatoms. The number of aliphatic hydroxyl groups is 2. The zero-order valence-corrected chi connectivity index (χ0v) is 14.6. The molecule has 0 spiro atoms. The van der Waals surface area contributed by atoms with Crippen molar-refractivity contribution in [2.75, 3.05) is 6.61 Å². The first kappa shape index (κ1) is 15.7. The molecule has 0 saturated carbocycles. The van der Waals surface area contributed by atoms with Gasteiger partial charge >= 0.3 is 120 Å². The number of aromatic nitrogens is 2. The van der Waals surface area contributed by atoms with Crippen molar-refractivity contribution in [3.8, 4) is 0 Å². The fraction of sp³-hybridized carbons (Fsp3) is 0.667. The molecule has 1 fully saturated rings. The number of hydrogen-bond acceptors (Lipinski definition) is 5. The second-order valence-corrected chi connectivity index (χ2v) is 20.5. The summed E-state index contributed by atoms with van der Waals surface area (Å²) in [5, 5.41) is 18.8. The zero-order valence-electron chi connectivity index (χ0n) is 11.8. The molecule has 0 aromatic carbocycles. The second-order valence-electron chi connectivity index (χ2n) is 6.07. The molecular formula is C12H20N2O5Sn. The molecule has 0 radical (unpaired) electrons. The van der Waals surface area contributed by atoms with Crippen molar-refractivity contribution in [3.63, 3.8) is 0 Å². The van der Waals surface area contributed by atoms with E-state index < -0.39 is 42.5 Å². The van der Waals surface area contributed by atoms with Crippen molar-refractivity contribution < 1.29 is 14.9 Å². The van der Waals surface area contributed by atoms with Gasteiger partial charge in [-0.1, -0.05) is 0 Å². The van der Waals surface area contributed by atoms with E-state index in [1.807, 2.05) is 0 Å². The molecule has 1 saturated heterocycles. The van der Waals surface area contributed by atoms with Gasteiger partial charge in [-0.2, -0.15) is 0 Å². The number of nitrogens with one attached hydrogen (secondary N) is 1. The van der Waals surface area contributed by atoms with E-state index in [2.05, 4.69) is 19.8 Å². The molecule has 3 atom stereocenters. The van der Waals surface area contributed by atoms with E-state index in [9.17, 15) is 14.7 Å². The molecule has 20 heavy (non-hydrogen) atoms. The Bertz CT molecular complexity index is 603. The van der Waals surface area contributed by atoms with Crippen LogP contribution in [-0.4, -0.2) is 57.0 Å². The molecule has 0 bridgehead atoms. The van der Waals surface area contributed by atoms with Crippen molar-refractivity contribution in [3.05, 3.63) is 27.0 Å². The molecule has 1 aromatic heterocycles. The summed E-state index contributed by atoms with van der Waals surface area (Å²) < 4.78 is 7.45. The second kappa shape index (κ2) is 5.63. The van der Waals surface area contributed by atoms with Crippen LogP contribution >= 0.6 is 0 Å². The van der Waals surface area contributed by atoms with Gasteiger partial charge < -0.3 is 0 Å². The molecule has 2 heterocycles. The third-order valence-electron chi connectivity index (χ3n) is 3.47. The number of hydrogen-bond donors (Lipinski definition) is 3. The Morgan fingerprint density at radius 1 is 1.45 bits per heavy atom. The maximum atomic E-state index is 11.9. The maximum absolute atomic E-state index is 11.9. The fourth-order valence-electron chi connectivity index (χ4n) is 2.28. The monoisotopic (exact) mass is 392 g/mol. The van der Waals surface area contributed by atoms with Crippen molar-refractivity contribution in [2.24, 2.45) is 0 Å². The minimum atomic E-state index is -2.65. The molecule has 1 aliphatic rings. The Labute approximate surface area is 120 Å². The summed E-state index contributed by atoms with van der Waals surface area (Å²) in [6.45, 7) is -0.304. The van der Waals surface area contributed by atoms with Gasteiger partial charge in [0.1, 0.15) is 0 Å². The van der Waals surface area contributed by atoms with Crippen LogP contribution in [0.2, 0.25) is 14.8 Å². The van der Waals surface area contributed by atoms with Gasteiger partial charge in [0.05, 0.1) is 0 Å². The number of H-pyrrole nitrogens is 1. The normalized spacial score (nSPS) is 26.9. The van der Waals surface area contributed by atoms with E-state index in [0.29, 0.717) is 3.58 Å². The number of nitrogens with zero attached hydrogens (tertiary/aromatic N) is 1. The molecule has 0 unspecified atom stereocenters. The Morgan fingerprint density at radius 2 is 2.10 bits per heavy atom. The van der Waals surface area contributed by atoms with Crippen LogP contribution in [0.3, 0.4) is 0 Å². The summed E-state index contributed by atoms with van der Waals surface area (Å²) in [5.41, 5.74) is -0.878. The first-order valence-corrected chi connectivity index (χ1v) is 16.5. The van der Waals surface area contributed by atoms with Gasteiger partial charge in [-0.3, -0.25) is 0 Å². The molecule has 3 N–H and O–H groups in total. The summed E-state index contributed by atoms with van der Waals surface area (Å²) in [6, 6.07) is 0. The van der Waals surface area contributed by atoms with Crippen LogP contribution in [0.4, 0.5) is 0 Å². The predicted molar refractivity (Wildman–Crippen MR) is 75.9 cm³/mol. The quantitative estimate of drug-likeness (QED) is 0.558. The molecule has 7 nitrogen and oxygen atoms in total. The molecule has 1 aliphatic heterocycles. The predicted octanol–water partition coefficient (Wildman–Crippen LogP) is -1.28. The SMILES string of the molecule is [CH3][Sn]([CH3])([CH3])[c]1cn([C@@H]2C[C@@H](O)[C@H](CO)O2)c(=O)[nH]c1=O. The van der Waals surface area contributed by atoms with Crippen molar-refractivity contribution in [1.29, 1.82) is 0 Å². The van der Waals surface area contributed by atoms with E-state index in [-0.39, 0.29) is 18.6 Å². The molecule has 0 amide bonds. The summed E-state index contributed by atoms with van der Waals surface area (Å²) in [7, 11) is 0. The summed E-state index contributed by atoms with van der Waals surface area (Å²) in [5.74, 6) is 0. The van der Waals surface area contributed by atoms with Gasteiger partial charge in [0.25, 0.3) is 0 Å². The number of aliphatic hydroxyl groups excluding tert-OH is 2. The number of aromatic amines is 1. The van der Waals surface area contributed by atoms with E-state index in [1.165, 1.54) is 4.57 Å². The van der Waals surface area contributed by atoms with Gasteiger partial charge in [-0.15, -0.1) is 0 Å². The average molecular weight is 391 g/mol. The van der Waals surface area contributed by atoms with Gasteiger partial charge in [0.2, 0.25) is 0 Å². The van der Waals surface area contributed by atoms with Crippen LogP contribution in [0.25, 0.3) is 0 Å². The Kier molecular flexibility index (Phi) is 4.43. The average Bonchev–Trinajstić information content (AvgIpc) is 2.68. The van der Waals surface area contributed by atoms with Crippen molar-refractivity contribution in [2.45, 2.75) is 39.7 Å². The third-order valence-corrected chi connectivity index (χ3v) is 9.10. The summed E-state index contributed by atoms with van der Waals surface area (Å²) >= 11 is -2.65. The minimum absolute atomic E-state index is 0.219.